The maximum absolute atomic E-state index is 12.3. The van der Waals surface area contributed by atoms with E-state index >= 15 is 0 Å². The Morgan fingerprint density at radius 1 is 1.21 bits per heavy atom. The zero-order valence-electron chi connectivity index (χ0n) is 15.6. The van der Waals surface area contributed by atoms with E-state index in [0.717, 1.165) is 29.7 Å². The average molecular weight is 395 g/mol. The van der Waals surface area contributed by atoms with E-state index in [1.54, 1.807) is 24.3 Å². The first-order valence-electron chi connectivity index (χ1n) is 9.35. The average Bonchev–Trinajstić information content (AvgIpc) is 3.40. The number of para-hydroxylation sites is 2. The predicted octanol–water partition coefficient (Wildman–Crippen LogP) is 3.89. The third-order valence-corrected chi connectivity index (χ3v) is 5.73. The molecule has 144 valence electrons. The number of amides is 2. The number of imidazole rings is 1. The summed E-state index contributed by atoms with van der Waals surface area (Å²) >= 11 is 1.51. The first kappa shape index (κ1) is 18.6. The highest BCUT2D eigenvalue weighted by Gasteiger charge is 2.23. The number of thioether (sulfide) groups is 1. The van der Waals surface area contributed by atoms with E-state index in [1.807, 2.05) is 31.2 Å². The number of carbonyl (C=O) groups excluding carboxylic acids is 2. The zero-order valence-corrected chi connectivity index (χ0v) is 16.4. The molecule has 28 heavy (non-hydrogen) atoms. The van der Waals surface area contributed by atoms with Crippen molar-refractivity contribution in [1.29, 1.82) is 0 Å². The second kappa shape index (κ2) is 8.06. The van der Waals surface area contributed by atoms with Gasteiger partial charge in [0, 0.05) is 17.3 Å². The fourth-order valence-corrected chi connectivity index (χ4v) is 3.62. The molecule has 6 nitrogen and oxygen atoms in total. The molecule has 2 amide bonds. The van der Waals surface area contributed by atoms with Crippen molar-refractivity contribution < 1.29 is 9.59 Å². The summed E-state index contributed by atoms with van der Waals surface area (Å²) in [4.78, 5) is 32.3. The van der Waals surface area contributed by atoms with Crippen LogP contribution in [0.4, 0.5) is 5.69 Å². The van der Waals surface area contributed by atoms with Crippen molar-refractivity contribution in [2.24, 2.45) is 0 Å². The Labute approximate surface area is 167 Å². The Morgan fingerprint density at radius 3 is 2.82 bits per heavy atom. The quantitative estimate of drug-likeness (QED) is 0.567. The summed E-state index contributed by atoms with van der Waals surface area (Å²) in [6.07, 6.45) is 2.09. The van der Waals surface area contributed by atoms with Gasteiger partial charge >= 0.3 is 0 Å². The number of anilines is 1. The van der Waals surface area contributed by atoms with E-state index in [9.17, 15) is 9.59 Å². The van der Waals surface area contributed by atoms with E-state index in [-0.39, 0.29) is 17.1 Å². The largest absolute Gasteiger partial charge is 0.349 e. The minimum absolute atomic E-state index is 0.0637. The summed E-state index contributed by atoms with van der Waals surface area (Å²) in [5.74, 6) is 0.966. The van der Waals surface area contributed by atoms with Crippen molar-refractivity contribution in [2.75, 3.05) is 11.1 Å². The molecule has 1 saturated carbocycles. The second-order valence-electron chi connectivity index (χ2n) is 6.97. The summed E-state index contributed by atoms with van der Waals surface area (Å²) in [5, 5.41) is 5.89. The number of nitrogens with zero attached hydrogens (tertiary/aromatic N) is 1. The summed E-state index contributed by atoms with van der Waals surface area (Å²) < 4.78 is 0. The van der Waals surface area contributed by atoms with Crippen LogP contribution in [0.15, 0.2) is 48.5 Å². The summed E-state index contributed by atoms with van der Waals surface area (Å²) in [6.45, 7) is 2.03. The van der Waals surface area contributed by atoms with E-state index < -0.39 is 0 Å². The molecule has 0 radical (unpaired) electrons. The number of aromatic amines is 1. The molecule has 1 aliphatic carbocycles. The van der Waals surface area contributed by atoms with Gasteiger partial charge in [0.25, 0.3) is 5.91 Å². The fourth-order valence-electron chi connectivity index (χ4n) is 2.88. The van der Waals surface area contributed by atoms with Gasteiger partial charge in [-0.15, -0.1) is 11.8 Å². The molecule has 1 heterocycles. The molecular weight excluding hydrogens is 372 g/mol. The minimum atomic E-state index is -0.104. The number of benzene rings is 2. The van der Waals surface area contributed by atoms with E-state index in [0.29, 0.717) is 23.0 Å². The lowest BCUT2D eigenvalue weighted by atomic mass is 10.2. The molecule has 1 atom stereocenters. The summed E-state index contributed by atoms with van der Waals surface area (Å²) in [6, 6.07) is 15.2. The smallest absolute Gasteiger partial charge is 0.251 e. The van der Waals surface area contributed by atoms with Crippen LogP contribution in [0.5, 0.6) is 0 Å². The molecule has 1 fully saturated rings. The fraction of sp³-hybridized carbons (Fsp3) is 0.286. The van der Waals surface area contributed by atoms with Crippen LogP contribution in [0.1, 0.15) is 41.2 Å². The molecule has 3 aromatic rings. The molecule has 7 heteroatoms. The van der Waals surface area contributed by atoms with Gasteiger partial charge in [0.15, 0.2) is 0 Å². The molecule has 0 aliphatic heterocycles. The highest BCUT2D eigenvalue weighted by Crippen LogP contribution is 2.27. The van der Waals surface area contributed by atoms with Crippen LogP contribution in [0.3, 0.4) is 0 Å². The Bertz CT molecular complexity index is 979. The van der Waals surface area contributed by atoms with Gasteiger partial charge in [-0.2, -0.15) is 0 Å². The zero-order chi connectivity index (χ0) is 19.5. The molecule has 1 aromatic heterocycles. The van der Waals surface area contributed by atoms with Gasteiger partial charge in [0.2, 0.25) is 5.91 Å². The monoisotopic (exact) mass is 394 g/mol. The van der Waals surface area contributed by atoms with Crippen molar-refractivity contribution in [2.45, 2.75) is 31.1 Å². The number of nitrogens with one attached hydrogen (secondary N) is 3. The molecule has 0 unspecified atom stereocenters. The number of aromatic nitrogens is 2. The minimum Gasteiger partial charge on any atom is -0.349 e. The summed E-state index contributed by atoms with van der Waals surface area (Å²) in [7, 11) is 0. The number of H-pyrrole nitrogens is 1. The SMILES string of the molecule is C[C@@H](SCC(=O)Nc1cccc(C(=O)NC2CC2)c1)c1nc2ccccc2[nH]1. The first-order chi connectivity index (χ1) is 13.6. The summed E-state index contributed by atoms with van der Waals surface area (Å²) in [5.41, 5.74) is 3.12. The van der Waals surface area contributed by atoms with E-state index in [2.05, 4.69) is 20.6 Å². The Kier molecular flexibility index (Phi) is 5.34. The highest BCUT2D eigenvalue weighted by molar-refractivity contribution is 8.00. The Hall–Kier alpha value is -2.80. The van der Waals surface area contributed by atoms with Gasteiger partial charge in [0.05, 0.1) is 22.0 Å². The van der Waals surface area contributed by atoms with Gasteiger partial charge in [-0.3, -0.25) is 9.59 Å². The number of hydrogen-bond donors (Lipinski definition) is 3. The topological polar surface area (TPSA) is 86.9 Å². The van der Waals surface area contributed by atoms with Crippen LogP contribution in [-0.2, 0) is 4.79 Å². The van der Waals surface area contributed by atoms with Gasteiger partial charge in [0.1, 0.15) is 5.82 Å². The second-order valence-corrected chi connectivity index (χ2v) is 8.30. The van der Waals surface area contributed by atoms with Gasteiger partial charge < -0.3 is 15.6 Å². The lowest BCUT2D eigenvalue weighted by Gasteiger charge is -2.10. The molecule has 1 aliphatic rings. The number of rotatable bonds is 7. The first-order valence-corrected chi connectivity index (χ1v) is 10.4. The molecule has 0 bridgehead atoms. The maximum atomic E-state index is 12.3. The van der Waals surface area contributed by atoms with Gasteiger partial charge in [-0.05, 0) is 50.1 Å². The van der Waals surface area contributed by atoms with Crippen molar-refractivity contribution in [3.63, 3.8) is 0 Å². The van der Waals surface area contributed by atoms with E-state index in [4.69, 9.17) is 0 Å². The van der Waals surface area contributed by atoms with Crippen LogP contribution in [0.2, 0.25) is 0 Å². The molecule has 0 saturated heterocycles. The lowest BCUT2D eigenvalue weighted by molar-refractivity contribution is -0.113. The highest BCUT2D eigenvalue weighted by atomic mass is 32.2. The van der Waals surface area contributed by atoms with Crippen molar-refractivity contribution in [1.82, 2.24) is 15.3 Å². The molecule has 3 N–H and O–H groups in total. The standard InChI is InChI=1S/C21H22N4O2S/c1-13(20-24-17-7-2-3-8-18(17)25-20)28-12-19(26)22-16-6-4-5-14(11-16)21(27)23-15-9-10-15/h2-8,11,13,15H,9-10,12H2,1H3,(H,22,26)(H,23,27)(H,24,25)/t13-/m1/s1. The Morgan fingerprint density at radius 2 is 2.04 bits per heavy atom. The van der Waals surface area contributed by atoms with Crippen molar-refractivity contribution in [3.05, 3.63) is 59.9 Å². The maximum Gasteiger partial charge on any atom is 0.251 e. The van der Waals surface area contributed by atoms with Crippen LogP contribution in [0, 0.1) is 0 Å². The third-order valence-electron chi connectivity index (χ3n) is 4.58. The number of carbonyl (C=O) groups is 2. The normalized spacial score (nSPS) is 14.6. The van der Waals surface area contributed by atoms with Crippen LogP contribution < -0.4 is 10.6 Å². The molecule has 2 aromatic carbocycles. The lowest BCUT2D eigenvalue weighted by Crippen LogP contribution is -2.25. The van der Waals surface area contributed by atoms with Crippen LogP contribution >= 0.6 is 11.8 Å². The molecule has 0 spiro atoms. The van der Waals surface area contributed by atoms with Crippen molar-refractivity contribution in [3.8, 4) is 0 Å². The van der Waals surface area contributed by atoms with Gasteiger partial charge in [-0.25, -0.2) is 4.98 Å². The number of hydrogen-bond acceptors (Lipinski definition) is 4. The Balaban J connectivity index is 1.32. The van der Waals surface area contributed by atoms with Crippen LogP contribution in [-0.4, -0.2) is 33.6 Å². The van der Waals surface area contributed by atoms with E-state index in [1.165, 1.54) is 11.8 Å². The van der Waals surface area contributed by atoms with Crippen LogP contribution in [0.25, 0.3) is 11.0 Å². The molecular formula is C21H22N4O2S. The van der Waals surface area contributed by atoms with Crippen molar-refractivity contribution >= 4 is 40.3 Å². The number of fused-ring (bicyclic) bond motifs is 1. The molecule has 4 rings (SSSR count). The predicted molar refractivity (Wildman–Crippen MR) is 113 cm³/mol. The van der Waals surface area contributed by atoms with Gasteiger partial charge in [-0.1, -0.05) is 18.2 Å². The third kappa shape index (κ3) is 4.54.